The normalized spacial score (nSPS) is 17.9. The molecule has 124 valence electrons. The summed E-state index contributed by atoms with van der Waals surface area (Å²) in [6.45, 7) is 6.31. The average Bonchev–Trinajstić information content (AvgIpc) is 3.02. The zero-order chi connectivity index (χ0) is 16.8. The molecule has 2 heterocycles. The van der Waals surface area contributed by atoms with Gasteiger partial charge >= 0.3 is 0 Å². The van der Waals surface area contributed by atoms with Crippen LogP contribution in [-0.2, 0) is 16.1 Å². The third-order valence-electron chi connectivity index (χ3n) is 3.74. The van der Waals surface area contributed by atoms with Crippen LogP contribution >= 0.6 is 11.8 Å². The lowest BCUT2D eigenvalue weighted by molar-refractivity contribution is -0.143. The third kappa shape index (κ3) is 4.34. The first-order valence-electron chi connectivity index (χ1n) is 7.75. The standard InChI is InChI=1S/C17H23N3O2S/c1-4-6-16(21)20-12-23-11-15(20)17(22)19(13(2)3)10-14-7-5-8-18-9-14/h4-9,13,15H,10-12H2,1-3H3/b6-4+. The molecule has 6 heteroatoms. The van der Waals surface area contributed by atoms with Crippen molar-refractivity contribution in [1.82, 2.24) is 14.8 Å². The molecule has 0 spiro atoms. The van der Waals surface area contributed by atoms with E-state index < -0.39 is 0 Å². The van der Waals surface area contributed by atoms with E-state index in [1.54, 1.807) is 42.1 Å². The largest absolute Gasteiger partial charge is 0.334 e. The van der Waals surface area contributed by atoms with Gasteiger partial charge in [-0.15, -0.1) is 11.8 Å². The number of carbonyl (C=O) groups excluding carboxylic acids is 2. The molecule has 1 fully saturated rings. The molecule has 2 amide bonds. The number of hydrogen-bond donors (Lipinski definition) is 0. The van der Waals surface area contributed by atoms with Crippen LogP contribution < -0.4 is 0 Å². The Labute approximate surface area is 141 Å². The van der Waals surface area contributed by atoms with E-state index in [-0.39, 0.29) is 23.9 Å². The van der Waals surface area contributed by atoms with Crippen LogP contribution in [0.4, 0.5) is 0 Å². The van der Waals surface area contributed by atoms with Crippen molar-refractivity contribution >= 4 is 23.6 Å². The van der Waals surface area contributed by atoms with Crippen molar-refractivity contribution in [1.29, 1.82) is 0 Å². The molecular weight excluding hydrogens is 310 g/mol. The van der Waals surface area contributed by atoms with E-state index in [0.29, 0.717) is 18.2 Å². The summed E-state index contributed by atoms with van der Waals surface area (Å²) in [6, 6.07) is 3.50. The zero-order valence-corrected chi connectivity index (χ0v) is 14.6. The van der Waals surface area contributed by atoms with E-state index in [1.165, 1.54) is 6.08 Å². The number of aromatic nitrogens is 1. The lowest BCUT2D eigenvalue weighted by atomic mass is 10.1. The van der Waals surface area contributed by atoms with Crippen molar-refractivity contribution in [3.05, 3.63) is 42.2 Å². The Morgan fingerprint density at radius 1 is 1.52 bits per heavy atom. The number of hydrogen-bond acceptors (Lipinski definition) is 4. The third-order valence-corrected chi connectivity index (χ3v) is 4.75. The fourth-order valence-corrected chi connectivity index (χ4v) is 3.65. The summed E-state index contributed by atoms with van der Waals surface area (Å²) >= 11 is 1.62. The molecule has 0 saturated carbocycles. The summed E-state index contributed by atoms with van der Waals surface area (Å²) in [5.41, 5.74) is 0.992. The summed E-state index contributed by atoms with van der Waals surface area (Å²) < 4.78 is 0. The second kappa shape index (κ2) is 8.15. The topological polar surface area (TPSA) is 53.5 Å². The predicted molar refractivity (Wildman–Crippen MR) is 92.7 cm³/mol. The lowest BCUT2D eigenvalue weighted by Gasteiger charge is -2.32. The molecular formula is C17H23N3O2S. The highest BCUT2D eigenvalue weighted by Gasteiger charge is 2.36. The van der Waals surface area contributed by atoms with Gasteiger partial charge in [-0.25, -0.2) is 0 Å². The van der Waals surface area contributed by atoms with Crippen molar-refractivity contribution in [2.45, 2.75) is 39.4 Å². The molecule has 1 aromatic rings. The highest BCUT2D eigenvalue weighted by atomic mass is 32.2. The fourth-order valence-electron chi connectivity index (χ4n) is 2.50. The van der Waals surface area contributed by atoms with E-state index in [1.807, 2.05) is 30.9 Å². The van der Waals surface area contributed by atoms with Gasteiger partial charge in [0.2, 0.25) is 11.8 Å². The molecule has 23 heavy (non-hydrogen) atoms. The van der Waals surface area contributed by atoms with E-state index in [9.17, 15) is 9.59 Å². The molecule has 1 saturated heterocycles. The summed E-state index contributed by atoms with van der Waals surface area (Å²) in [7, 11) is 0. The summed E-state index contributed by atoms with van der Waals surface area (Å²) in [6.07, 6.45) is 6.72. The maximum Gasteiger partial charge on any atom is 0.247 e. The molecule has 1 aliphatic rings. The van der Waals surface area contributed by atoms with Crippen LogP contribution in [0.2, 0.25) is 0 Å². The van der Waals surface area contributed by atoms with Crippen molar-refractivity contribution in [2.75, 3.05) is 11.6 Å². The average molecular weight is 333 g/mol. The first-order chi connectivity index (χ1) is 11.0. The number of carbonyl (C=O) groups is 2. The van der Waals surface area contributed by atoms with Gasteiger partial charge in [0.25, 0.3) is 0 Å². The van der Waals surface area contributed by atoms with Crippen LogP contribution in [0, 0.1) is 0 Å². The molecule has 1 unspecified atom stereocenters. The minimum atomic E-state index is -0.386. The molecule has 0 radical (unpaired) electrons. The smallest absolute Gasteiger partial charge is 0.247 e. The second-order valence-electron chi connectivity index (χ2n) is 5.74. The molecule has 0 aromatic carbocycles. The van der Waals surface area contributed by atoms with Crippen LogP contribution in [0.25, 0.3) is 0 Å². The van der Waals surface area contributed by atoms with Crippen LogP contribution in [0.3, 0.4) is 0 Å². The molecule has 0 N–H and O–H groups in total. The van der Waals surface area contributed by atoms with Crippen LogP contribution in [-0.4, -0.2) is 50.3 Å². The second-order valence-corrected chi connectivity index (χ2v) is 6.74. The molecule has 2 rings (SSSR count). The van der Waals surface area contributed by atoms with Gasteiger partial charge in [0.15, 0.2) is 0 Å². The minimum Gasteiger partial charge on any atom is -0.334 e. The maximum absolute atomic E-state index is 13.0. The molecule has 1 aliphatic heterocycles. The highest BCUT2D eigenvalue weighted by Crippen LogP contribution is 2.24. The molecule has 0 aliphatic carbocycles. The number of thioether (sulfide) groups is 1. The Morgan fingerprint density at radius 3 is 2.91 bits per heavy atom. The van der Waals surface area contributed by atoms with E-state index in [0.717, 1.165) is 5.56 Å². The number of amides is 2. The number of pyridine rings is 1. The lowest BCUT2D eigenvalue weighted by Crippen LogP contribution is -2.50. The first kappa shape index (κ1) is 17.5. The number of allylic oxidation sites excluding steroid dienone is 1. The Hall–Kier alpha value is -1.82. The number of nitrogens with zero attached hydrogens (tertiary/aromatic N) is 3. The quantitative estimate of drug-likeness (QED) is 0.776. The van der Waals surface area contributed by atoms with Crippen molar-refractivity contribution in [3.8, 4) is 0 Å². The zero-order valence-electron chi connectivity index (χ0n) is 13.8. The van der Waals surface area contributed by atoms with Gasteiger partial charge in [0, 0.05) is 30.7 Å². The van der Waals surface area contributed by atoms with Crippen LogP contribution in [0.15, 0.2) is 36.7 Å². The Bertz CT molecular complexity index is 574. The Morgan fingerprint density at radius 2 is 2.30 bits per heavy atom. The number of rotatable bonds is 5. The van der Waals surface area contributed by atoms with Gasteiger partial charge in [-0.2, -0.15) is 0 Å². The van der Waals surface area contributed by atoms with Crippen molar-refractivity contribution < 1.29 is 9.59 Å². The fraction of sp³-hybridized carbons (Fsp3) is 0.471. The van der Waals surface area contributed by atoms with Crippen LogP contribution in [0.5, 0.6) is 0 Å². The molecule has 0 bridgehead atoms. The predicted octanol–water partition coefficient (Wildman–Crippen LogP) is 2.30. The molecule has 1 aromatic heterocycles. The van der Waals surface area contributed by atoms with Gasteiger partial charge in [-0.1, -0.05) is 12.1 Å². The highest BCUT2D eigenvalue weighted by molar-refractivity contribution is 7.99. The van der Waals surface area contributed by atoms with Gasteiger partial charge in [-0.3, -0.25) is 14.6 Å². The first-order valence-corrected chi connectivity index (χ1v) is 8.90. The van der Waals surface area contributed by atoms with Gasteiger partial charge in [-0.05, 0) is 38.5 Å². The molecule has 5 nitrogen and oxygen atoms in total. The Kier molecular flexibility index (Phi) is 6.21. The molecule has 1 atom stereocenters. The van der Waals surface area contributed by atoms with E-state index in [4.69, 9.17) is 0 Å². The van der Waals surface area contributed by atoms with Crippen LogP contribution in [0.1, 0.15) is 26.3 Å². The minimum absolute atomic E-state index is 0.00621. The van der Waals surface area contributed by atoms with Gasteiger partial charge < -0.3 is 9.80 Å². The summed E-state index contributed by atoms with van der Waals surface area (Å²) in [5, 5.41) is 0. The summed E-state index contributed by atoms with van der Waals surface area (Å²) in [5.74, 6) is 1.13. The monoisotopic (exact) mass is 333 g/mol. The Balaban J connectivity index is 2.15. The summed E-state index contributed by atoms with van der Waals surface area (Å²) in [4.78, 5) is 32.7. The van der Waals surface area contributed by atoms with E-state index in [2.05, 4.69) is 4.98 Å². The van der Waals surface area contributed by atoms with Crippen molar-refractivity contribution in [3.63, 3.8) is 0 Å². The van der Waals surface area contributed by atoms with Gasteiger partial charge in [0.05, 0.1) is 5.88 Å². The van der Waals surface area contributed by atoms with Gasteiger partial charge in [0.1, 0.15) is 6.04 Å². The van der Waals surface area contributed by atoms with Crippen molar-refractivity contribution in [2.24, 2.45) is 0 Å². The SMILES string of the molecule is C/C=C/C(=O)N1CSCC1C(=O)N(Cc1cccnc1)C(C)C. The maximum atomic E-state index is 13.0. The van der Waals surface area contributed by atoms with E-state index >= 15 is 0 Å².